The van der Waals surface area contributed by atoms with Crippen LogP contribution in [0.15, 0.2) is 47.4 Å². The number of hydrogen-bond donors (Lipinski definition) is 1. The van der Waals surface area contributed by atoms with Crippen molar-refractivity contribution in [1.29, 1.82) is 0 Å². The van der Waals surface area contributed by atoms with Gasteiger partial charge in [0.1, 0.15) is 17.1 Å². The Kier molecular flexibility index (Phi) is 4.90. The Labute approximate surface area is 134 Å². The number of phenolic OH excluding ortho intramolecular Hbond substituents is 1. The molecule has 0 atom stereocenters. The third kappa shape index (κ3) is 3.62. The van der Waals surface area contributed by atoms with E-state index in [1.165, 1.54) is 44.6 Å². The van der Waals surface area contributed by atoms with Crippen LogP contribution < -0.4 is 4.74 Å². The van der Waals surface area contributed by atoms with E-state index in [0.29, 0.717) is 5.56 Å². The Morgan fingerprint density at radius 3 is 2.43 bits per heavy atom. The van der Waals surface area contributed by atoms with E-state index in [1.54, 1.807) is 12.1 Å². The predicted molar refractivity (Wildman–Crippen MR) is 83.3 cm³/mol. The van der Waals surface area contributed by atoms with E-state index < -0.39 is 15.8 Å². The summed E-state index contributed by atoms with van der Waals surface area (Å²) in [6, 6.07) is 10.0. The molecule has 0 saturated heterocycles. The van der Waals surface area contributed by atoms with Crippen LogP contribution in [0.5, 0.6) is 11.5 Å². The topological polar surface area (TPSA) is 89.9 Å². The number of hydrogen-bond acceptors (Lipinski definition) is 6. The molecule has 2 rings (SSSR count). The number of ether oxygens (including phenoxy) is 2. The lowest BCUT2D eigenvalue weighted by Crippen LogP contribution is -2.10. The molecule has 2 aromatic rings. The van der Waals surface area contributed by atoms with Gasteiger partial charge in [-0.15, -0.1) is 0 Å². The minimum atomic E-state index is -3.71. The van der Waals surface area contributed by atoms with E-state index in [0.717, 1.165) is 0 Å². The first kappa shape index (κ1) is 16.8. The van der Waals surface area contributed by atoms with Gasteiger partial charge in [0, 0.05) is 5.56 Å². The van der Waals surface area contributed by atoms with E-state index in [2.05, 4.69) is 4.74 Å². The average Bonchev–Trinajstić information content (AvgIpc) is 2.53. The van der Waals surface area contributed by atoms with Crippen molar-refractivity contribution in [1.82, 2.24) is 0 Å². The van der Waals surface area contributed by atoms with Crippen LogP contribution in [-0.2, 0) is 20.3 Å². The molecule has 0 heterocycles. The average molecular weight is 336 g/mol. The summed E-state index contributed by atoms with van der Waals surface area (Å²) < 4.78 is 34.8. The molecule has 0 amide bonds. The lowest BCUT2D eigenvalue weighted by molar-refractivity contribution is 0.0597. The molecule has 0 saturated carbocycles. The number of rotatable bonds is 5. The Morgan fingerprint density at radius 2 is 1.83 bits per heavy atom. The summed E-state index contributed by atoms with van der Waals surface area (Å²) in [6.07, 6.45) is 0. The van der Waals surface area contributed by atoms with Crippen molar-refractivity contribution in [2.75, 3.05) is 14.2 Å². The smallest absolute Gasteiger partial charge is 0.341 e. The summed E-state index contributed by atoms with van der Waals surface area (Å²) in [7, 11) is -1.12. The van der Waals surface area contributed by atoms with Crippen molar-refractivity contribution in [2.45, 2.75) is 10.6 Å². The molecule has 0 fully saturated rings. The van der Waals surface area contributed by atoms with Gasteiger partial charge >= 0.3 is 5.97 Å². The van der Waals surface area contributed by atoms with Crippen molar-refractivity contribution in [3.05, 3.63) is 53.6 Å². The molecular formula is C16H16O6S. The molecule has 1 N–H and O–H groups in total. The molecule has 122 valence electrons. The predicted octanol–water partition coefficient (Wildman–Crippen LogP) is 2.16. The van der Waals surface area contributed by atoms with Crippen LogP contribution in [0.4, 0.5) is 0 Å². The van der Waals surface area contributed by atoms with Gasteiger partial charge in [-0.1, -0.05) is 18.2 Å². The summed E-state index contributed by atoms with van der Waals surface area (Å²) in [5.74, 6) is -0.965. The largest absolute Gasteiger partial charge is 0.508 e. The number of carbonyl (C=O) groups excluding carboxylic acids is 1. The number of aromatic hydroxyl groups is 1. The van der Waals surface area contributed by atoms with Gasteiger partial charge in [-0.3, -0.25) is 0 Å². The third-order valence-electron chi connectivity index (χ3n) is 3.23. The summed E-state index contributed by atoms with van der Waals surface area (Å²) >= 11 is 0. The second-order valence-corrected chi connectivity index (χ2v) is 6.74. The van der Waals surface area contributed by atoms with Gasteiger partial charge < -0.3 is 14.6 Å². The summed E-state index contributed by atoms with van der Waals surface area (Å²) in [4.78, 5) is 11.7. The van der Waals surface area contributed by atoms with Crippen LogP contribution in [0.3, 0.4) is 0 Å². The minimum absolute atomic E-state index is 0.0111. The van der Waals surface area contributed by atoms with Gasteiger partial charge in [0.25, 0.3) is 0 Å². The van der Waals surface area contributed by atoms with Crippen LogP contribution in [0.2, 0.25) is 0 Å². The van der Waals surface area contributed by atoms with Crippen LogP contribution in [0.25, 0.3) is 0 Å². The highest BCUT2D eigenvalue weighted by atomic mass is 32.2. The Morgan fingerprint density at radius 1 is 1.13 bits per heavy atom. The maximum Gasteiger partial charge on any atom is 0.341 e. The van der Waals surface area contributed by atoms with Gasteiger partial charge in [0.15, 0.2) is 9.84 Å². The first-order chi connectivity index (χ1) is 10.9. The minimum Gasteiger partial charge on any atom is -0.508 e. The number of carbonyl (C=O) groups is 1. The second-order valence-electron chi connectivity index (χ2n) is 4.75. The first-order valence-corrected chi connectivity index (χ1v) is 8.30. The van der Waals surface area contributed by atoms with Gasteiger partial charge in [-0.25, -0.2) is 13.2 Å². The Bertz CT molecular complexity index is 826. The summed E-state index contributed by atoms with van der Waals surface area (Å²) in [5, 5.41) is 9.44. The molecule has 7 heteroatoms. The fourth-order valence-electron chi connectivity index (χ4n) is 2.18. The third-order valence-corrected chi connectivity index (χ3v) is 4.89. The zero-order valence-corrected chi connectivity index (χ0v) is 13.5. The van der Waals surface area contributed by atoms with E-state index in [-0.39, 0.29) is 27.7 Å². The fourth-order valence-corrected chi connectivity index (χ4v) is 3.56. The number of benzene rings is 2. The van der Waals surface area contributed by atoms with Gasteiger partial charge in [0.05, 0.1) is 24.9 Å². The number of esters is 1. The fraction of sp³-hybridized carbons (Fsp3) is 0.188. The molecule has 0 aliphatic carbocycles. The molecule has 2 aromatic carbocycles. The quantitative estimate of drug-likeness (QED) is 0.842. The molecule has 0 spiro atoms. The maximum absolute atomic E-state index is 12.5. The van der Waals surface area contributed by atoms with E-state index in [4.69, 9.17) is 4.74 Å². The van der Waals surface area contributed by atoms with Gasteiger partial charge in [-0.05, 0) is 24.3 Å². The number of methoxy groups -OCH3 is 2. The lowest BCUT2D eigenvalue weighted by Gasteiger charge is -2.12. The molecule has 23 heavy (non-hydrogen) atoms. The van der Waals surface area contributed by atoms with Crippen molar-refractivity contribution in [2.24, 2.45) is 0 Å². The number of sulfone groups is 1. The second kappa shape index (κ2) is 6.70. The van der Waals surface area contributed by atoms with Gasteiger partial charge in [-0.2, -0.15) is 0 Å². The molecule has 0 bridgehead atoms. The van der Waals surface area contributed by atoms with Gasteiger partial charge in [0.2, 0.25) is 0 Å². The first-order valence-electron chi connectivity index (χ1n) is 6.65. The van der Waals surface area contributed by atoms with Crippen molar-refractivity contribution >= 4 is 15.8 Å². The Balaban J connectivity index is 2.45. The van der Waals surface area contributed by atoms with Crippen LogP contribution in [0, 0.1) is 0 Å². The number of para-hydroxylation sites is 1. The van der Waals surface area contributed by atoms with Crippen molar-refractivity contribution in [3.8, 4) is 11.5 Å². The van der Waals surface area contributed by atoms with Crippen LogP contribution in [0.1, 0.15) is 15.9 Å². The normalized spacial score (nSPS) is 11.0. The molecular weight excluding hydrogens is 320 g/mol. The zero-order valence-electron chi connectivity index (χ0n) is 12.6. The molecule has 6 nitrogen and oxygen atoms in total. The highest BCUT2D eigenvalue weighted by molar-refractivity contribution is 7.90. The van der Waals surface area contributed by atoms with Crippen molar-refractivity contribution < 1.29 is 27.8 Å². The maximum atomic E-state index is 12.5. The highest BCUT2D eigenvalue weighted by Gasteiger charge is 2.22. The van der Waals surface area contributed by atoms with Crippen LogP contribution >= 0.6 is 0 Å². The molecule has 0 aromatic heterocycles. The van der Waals surface area contributed by atoms with Crippen molar-refractivity contribution in [3.63, 3.8) is 0 Å². The van der Waals surface area contributed by atoms with E-state index in [1.807, 2.05) is 0 Å². The summed E-state index contributed by atoms with van der Waals surface area (Å²) in [5.41, 5.74) is 0.484. The molecule has 0 radical (unpaired) electrons. The van der Waals surface area contributed by atoms with Crippen LogP contribution in [-0.4, -0.2) is 33.7 Å². The molecule has 0 aliphatic heterocycles. The number of phenols is 1. The molecule has 0 aliphatic rings. The SMILES string of the molecule is COC(=O)c1cccc(CS(=O)(=O)c2cccc(O)c2)c1OC. The van der Waals surface area contributed by atoms with E-state index >= 15 is 0 Å². The lowest BCUT2D eigenvalue weighted by atomic mass is 10.1. The zero-order chi connectivity index (χ0) is 17.0. The van der Waals surface area contributed by atoms with E-state index in [9.17, 15) is 18.3 Å². The molecule has 0 unspecified atom stereocenters. The summed E-state index contributed by atoms with van der Waals surface area (Å²) in [6.45, 7) is 0. The standard InChI is InChI=1S/C16H16O6S/c1-21-15-11(5-3-8-14(15)16(18)22-2)10-23(19,20)13-7-4-6-12(17)9-13/h3-9,17H,10H2,1-2H3. The highest BCUT2D eigenvalue weighted by Crippen LogP contribution is 2.29. The Hall–Kier alpha value is -2.54. The monoisotopic (exact) mass is 336 g/mol.